The van der Waals surface area contributed by atoms with Gasteiger partial charge in [0.05, 0.1) is 0 Å². The molecule has 0 spiro atoms. The Morgan fingerprint density at radius 2 is 2.18 bits per heavy atom. The Labute approximate surface area is 129 Å². The maximum absolute atomic E-state index is 11.7. The van der Waals surface area contributed by atoms with Gasteiger partial charge < -0.3 is 14.6 Å². The largest absolute Gasteiger partial charge is 0.459 e. The van der Waals surface area contributed by atoms with Gasteiger partial charge in [0.2, 0.25) is 0 Å². The molecule has 0 aromatic heterocycles. The van der Waals surface area contributed by atoms with Crippen LogP contribution in [0, 0.1) is 11.3 Å². The Balaban J connectivity index is 2.06. The third kappa shape index (κ3) is 2.03. The number of carbonyl (C=O) groups is 2. The number of esters is 2. The Morgan fingerprint density at radius 1 is 1.50 bits per heavy atom. The van der Waals surface area contributed by atoms with E-state index in [1.165, 1.54) is 6.92 Å². The molecule has 0 aromatic carbocycles. The number of aliphatic hydroxyl groups is 1. The molecule has 0 saturated heterocycles. The van der Waals surface area contributed by atoms with Gasteiger partial charge in [0.15, 0.2) is 0 Å². The molecule has 118 valence electrons. The lowest BCUT2D eigenvalue weighted by Crippen LogP contribution is -2.48. The fourth-order valence-electron chi connectivity index (χ4n) is 3.62. The topological polar surface area (TPSA) is 72.8 Å². The summed E-state index contributed by atoms with van der Waals surface area (Å²) in [5.41, 5.74) is 2.16. The monoisotopic (exact) mass is 304 g/mol. The SMILES string of the molecule is CC(=O)O[C@H]1[C@@H](O)C=C2C=C3OC(=O)C(C)=C3C[C@]2(C)[C@H]1C. The van der Waals surface area contributed by atoms with Crippen LogP contribution in [0.5, 0.6) is 0 Å². The highest BCUT2D eigenvalue weighted by atomic mass is 16.6. The Kier molecular flexibility index (Phi) is 3.29. The van der Waals surface area contributed by atoms with Crippen LogP contribution in [-0.4, -0.2) is 29.3 Å². The van der Waals surface area contributed by atoms with Crippen LogP contribution in [-0.2, 0) is 19.1 Å². The molecule has 3 rings (SSSR count). The molecule has 1 heterocycles. The van der Waals surface area contributed by atoms with Crippen molar-refractivity contribution in [3.05, 3.63) is 34.6 Å². The van der Waals surface area contributed by atoms with Crippen molar-refractivity contribution in [2.75, 3.05) is 0 Å². The minimum Gasteiger partial charge on any atom is -0.459 e. The maximum atomic E-state index is 11.7. The van der Waals surface area contributed by atoms with Crippen molar-refractivity contribution in [3.63, 3.8) is 0 Å². The molecule has 0 radical (unpaired) electrons. The molecule has 22 heavy (non-hydrogen) atoms. The van der Waals surface area contributed by atoms with Gasteiger partial charge in [-0.15, -0.1) is 0 Å². The lowest BCUT2D eigenvalue weighted by atomic mass is 9.60. The average Bonchev–Trinajstić information content (AvgIpc) is 2.69. The van der Waals surface area contributed by atoms with E-state index in [-0.39, 0.29) is 17.3 Å². The third-order valence-corrected chi connectivity index (χ3v) is 5.24. The van der Waals surface area contributed by atoms with Gasteiger partial charge in [-0.05, 0) is 31.1 Å². The van der Waals surface area contributed by atoms with Crippen molar-refractivity contribution in [3.8, 4) is 0 Å². The summed E-state index contributed by atoms with van der Waals surface area (Å²) in [4.78, 5) is 23.1. The molecular formula is C17H20O5. The summed E-state index contributed by atoms with van der Waals surface area (Å²) >= 11 is 0. The van der Waals surface area contributed by atoms with Crippen LogP contribution in [0.15, 0.2) is 34.6 Å². The number of fused-ring (bicyclic) bond motifs is 2. The molecule has 0 amide bonds. The van der Waals surface area contributed by atoms with Crippen molar-refractivity contribution in [2.45, 2.75) is 46.3 Å². The van der Waals surface area contributed by atoms with Crippen LogP contribution in [0.4, 0.5) is 0 Å². The van der Waals surface area contributed by atoms with E-state index in [0.29, 0.717) is 17.8 Å². The minimum atomic E-state index is -0.859. The summed E-state index contributed by atoms with van der Waals surface area (Å²) in [7, 11) is 0. The first kappa shape index (κ1) is 15.0. The fourth-order valence-corrected chi connectivity index (χ4v) is 3.62. The van der Waals surface area contributed by atoms with Crippen LogP contribution >= 0.6 is 0 Å². The van der Waals surface area contributed by atoms with Gasteiger partial charge in [0.25, 0.3) is 0 Å². The van der Waals surface area contributed by atoms with Gasteiger partial charge in [0.1, 0.15) is 18.0 Å². The summed E-state index contributed by atoms with van der Waals surface area (Å²) in [5.74, 6) is -0.219. The summed E-state index contributed by atoms with van der Waals surface area (Å²) in [6.45, 7) is 7.15. The molecule has 1 N–H and O–H groups in total. The second-order valence-corrected chi connectivity index (χ2v) is 6.57. The van der Waals surface area contributed by atoms with E-state index in [2.05, 4.69) is 6.92 Å². The van der Waals surface area contributed by atoms with Gasteiger partial charge in [-0.25, -0.2) is 4.79 Å². The van der Waals surface area contributed by atoms with E-state index in [1.54, 1.807) is 13.0 Å². The highest BCUT2D eigenvalue weighted by Crippen LogP contribution is 2.53. The van der Waals surface area contributed by atoms with Crippen molar-refractivity contribution in [1.82, 2.24) is 0 Å². The van der Waals surface area contributed by atoms with E-state index >= 15 is 0 Å². The molecule has 0 bridgehead atoms. The van der Waals surface area contributed by atoms with E-state index in [9.17, 15) is 14.7 Å². The van der Waals surface area contributed by atoms with E-state index in [1.807, 2.05) is 13.0 Å². The van der Waals surface area contributed by atoms with E-state index < -0.39 is 18.2 Å². The van der Waals surface area contributed by atoms with Crippen molar-refractivity contribution >= 4 is 11.9 Å². The van der Waals surface area contributed by atoms with Crippen molar-refractivity contribution in [1.29, 1.82) is 0 Å². The highest BCUT2D eigenvalue weighted by molar-refractivity contribution is 5.94. The number of hydrogen-bond donors (Lipinski definition) is 1. The second-order valence-electron chi connectivity index (χ2n) is 6.57. The van der Waals surface area contributed by atoms with E-state index in [0.717, 1.165) is 11.1 Å². The van der Waals surface area contributed by atoms with Crippen LogP contribution in [0.25, 0.3) is 0 Å². The van der Waals surface area contributed by atoms with Gasteiger partial charge in [0, 0.05) is 29.4 Å². The number of aliphatic hydroxyl groups excluding tert-OH is 1. The molecule has 0 fully saturated rings. The second kappa shape index (κ2) is 4.81. The smallest absolute Gasteiger partial charge is 0.339 e. The number of allylic oxidation sites excluding steroid dienone is 3. The first-order valence-corrected chi connectivity index (χ1v) is 7.45. The quantitative estimate of drug-likeness (QED) is 0.750. The highest BCUT2D eigenvalue weighted by Gasteiger charge is 2.50. The predicted octanol–water partition coefficient (Wildman–Crippen LogP) is 2.02. The zero-order chi connectivity index (χ0) is 16.2. The predicted molar refractivity (Wildman–Crippen MR) is 78.4 cm³/mol. The van der Waals surface area contributed by atoms with Gasteiger partial charge >= 0.3 is 11.9 Å². The van der Waals surface area contributed by atoms with Gasteiger partial charge in [-0.1, -0.05) is 13.8 Å². The lowest BCUT2D eigenvalue weighted by Gasteiger charge is -2.47. The Bertz CT molecular complexity index is 654. The number of ether oxygens (including phenoxy) is 2. The molecule has 0 aromatic rings. The molecule has 2 aliphatic carbocycles. The molecule has 5 heteroatoms. The van der Waals surface area contributed by atoms with Gasteiger partial charge in [-0.2, -0.15) is 0 Å². The molecule has 0 unspecified atom stereocenters. The first-order chi connectivity index (χ1) is 10.2. The average molecular weight is 304 g/mol. The number of rotatable bonds is 1. The van der Waals surface area contributed by atoms with Crippen molar-refractivity contribution < 1.29 is 24.2 Å². The molecular weight excluding hydrogens is 284 g/mol. The fraction of sp³-hybridized carbons (Fsp3) is 0.529. The first-order valence-electron chi connectivity index (χ1n) is 7.45. The molecule has 0 saturated carbocycles. The zero-order valence-corrected chi connectivity index (χ0v) is 13.2. The number of hydrogen-bond acceptors (Lipinski definition) is 5. The van der Waals surface area contributed by atoms with E-state index in [4.69, 9.17) is 9.47 Å². The standard InChI is InChI=1S/C17H20O5/c1-8-12-7-17(4)9(2)15(21-10(3)18)13(19)5-11(17)6-14(12)22-16(8)20/h5-6,9,13,15,19H,7H2,1-4H3/t9-,13-,15+,17+/m0/s1. The zero-order valence-electron chi connectivity index (χ0n) is 13.2. The third-order valence-electron chi connectivity index (χ3n) is 5.24. The number of carbonyl (C=O) groups excluding carboxylic acids is 2. The summed E-state index contributed by atoms with van der Waals surface area (Å²) in [6, 6.07) is 0. The summed E-state index contributed by atoms with van der Waals surface area (Å²) < 4.78 is 10.6. The molecule has 1 aliphatic heterocycles. The van der Waals surface area contributed by atoms with Crippen LogP contribution in [0.2, 0.25) is 0 Å². The Hall–Kier alpha value is -1.88. The normalized spacial score (nSPS) is 37.0. The van der Waals surface area contributed by atoms with Crippen LogP contribution in [0.1, 0.15) is 34.1 Å². The minimum absolute atomic E-state index is 0.0831. The summed E-state index contributed by atoms with van der Waals surface area (Å²) in [5, 5.41) is 10.3. The van der Waals surface area contributed by atoms with Crippen molar-refractivity contribution in [2.24, 2.45) is 11.3 Å². The lowest BCUT2D eigenvalue weighted by molar-refractivity contribution is -0.158. The van der Waals surface area contributed by atoms with Gasteiger partial charge in [-0.3, -0.25) is 4.79 Å². The molecule has 4 atom stereocenters. The Morgan fingerprint density at radius 3 is 2.82 bits per heavy atom. The van der Waals surface area contributed by atoms with Crippen LogP contribution in [0.3, 0.4) is 0 Å². The summed E-state index contributed by atoms with van der Waals surface area (Å²) in [6.07, 6.45) is 2.73. The molecule has 5 nitrogen and oxygen atoms in total. The molecule has 3 aliphatic rings. The van der Waals surface area contributed by atoms with Crippen LogP contribution < -0.4 is 0 Å². The maximum Gasteiger partial charge on any atom is 0.339 e.